The Bertz CT molecular complexity index is 604. The first kappa shape index (κ1) is 15.9. The smallest absolute Gasteiger partial charge is 0.314 e. The third-order valence-electron chi connectivity index (χ3n) is 4.37. The second-order valence-corrected chi connectivity index (χ2v) is 6.44. The zero-order valence-corrected chi connectivity index (χ0v) is 13.5. The first-order valence-corrected chi connectivity index (χ1v) is 8.16. The lowest BCUT2D eigenvalue weighted by atomic mass is 9.95. The van der Waals surface area contributed by atoms with Gasteiger partial charge in [-0.05, 0) is 25.0 Å². The van der Waals surface area contributed by atoms with Gasteiger partial charge >= 0.3 is 6.03 Å². The summed E-state index contributed by atoms with van der Waals surface area (Å²) in [7, 11) is 0. The van der Waals surface area contributed by atoms with E-state index in [0.717, 1.165) is 12.8 Å². The number of benzene rings is 1. The number of rotatable bonds is 3. The van der Waals surface area contributed by atoms with Crippen molar-refractivity contribution < 1.29 is 14.3 Å². The fraction of sp³-hybridized carbons (Fsp3) is 0.500. The van der Waals surface area contributed by atoms with Crippen LogP contribution in [0.3, 0.4) is 0 Å². The average Bonchev–Trinajstić information content (AvgIpc) is 2.51. The molecule has 0 spiro atoms. The van der Waals surface area contributed by atoms with E-state index in [0.29, 0.717) is 37.0 Å². The fourth-order valence-corrected chi connectivity index (χ4v) is 3.23. The van der Waals surface area contributed by atoms with Crippen LogP contribution in [0.4, 0.5) is 4.79 Å². The van der Waals surface area contributed by atoms with Gasteiger partial charge in [0.2, 0.25) is 5.91 Å². The molecule has 0 bridgehead atoms. The number of urea groups is 1. The van der Waals surface area contributed by atoms with Crippen LogP contribution in [0.1, 0.15) is 12.8 Å². The van der Waals surface area contributed by atoms with Crippen molar-refractivity contribution in [3.8, 4) is 5.75 Å². The molecular weight excluding hydrogens is 318 g/mol. The SMILES string of the molecule is NC(=O)N1CCC[C@@H](C(=O)N2CC(Oc3ccccc3Cl)C2)C1. The van der Waals surface area contributed by atoms with Gasteiger partial charge < -0.3 is 20.3 Å². The molecule has 2 aliphatic heterocycles. The number of piperidine rings is 1. The molecule has 2 heterocycles. The lowest BCUT2D eigenvalue weighted by Gasteiger charge is -2.42. The normalized spacial score (nSPS) is 21.7. The molecule has 0 aromatic heterocycles. The molecule has 0 unspecified atom stereocenters. The van der Waals surface area contributed by atoms with E-state index < -0.39 is 6.03 Å². The Morgan fingerprint density at radius 1 is 1.17 bits per heavy atom. The number of primary amides is 1. The summed E-state index contributed by atoms with van der Waals surface area (Å²) in [4.78, 5) is 27.1. The molecule has 2 fully saturated rings. The summed E-state index contributed by atoms with van der Waals surface area (Å²) in [5, 5.41) is 0.571. The van der Waals surface area contributed by atoms with Gasteiger partial charge in [0.25, 0.3) is 0 Å². The van der Waals surface area contributed by atoms with Crippen LogP contribution in [-0.2, 0) is 4.79 Å². The van der Waals surface area contributed by atoms with Crippen molar-refractivity contribution in [1.82, 2.24) is 9.80 Å². The second-order valence-electron chi connectivity index (χ2n) is 6.04. The van der Waals surface area contributed by atoms with Gasteiger partial charge in [-0.3, -0.25) is 4.79 Å². The zero-order valence-electron chi connectivity index (χ0n) is 12.8. The van der Waals surface area contributed by atoms with E-state index in [-0.39, 0.29) is 17.9 Å². The Hall–Kier alpha value is -1.95. The van der Waals surface area contributed by atoms with E-state index in [1.165, 1.54) is 0 Å². The van der Waals surface area contributed by atoms with Crippen LogP contribution < -0.4 is 10.5 Å². The molecule has 23 heavy (non-hydrogen) atoms. The second kappa shape index (κ2) is 6.66. The minimum atomic E-state index is -0.453. The Labute approximate surface area is 140 Å². The van der Waals surface area contributed by atoms with E-state index in [1.807, 2.05) is 18.2 Å². The molecule has 7 heteroatoms. The van der Waals surface area contributed by atoms with Crippen LogP contribution in [0.15, 0.2) is 24.3 Å². The average molecular weight is 338 g/mol. The van der Waals surface area contributed by atoms with Crippen molar-refractivity contribution in [3.05, 3.63) is 29.3 Å². The maximum atomic E-state index is 12.5. The van der Waals surface area contributed by atoms with Crippen LogP contribution >= 0.6 is 11.6 Å². The molecular formula is C16H20ClN3O3. The zero-order chi connectivity index (χ0) is 16.4. The van der Waals surface area contributed by atoms with E-state index in [1.54, 1.807) is 15.9 Å². The highest BCUT2D eigenvalue weighted by molar-refractivity contribution is 6.32. The van der Waals surface area contributed by atoms with Crippen LogP contribution in [0, 0.1) is 5.92 Å². The molecule has 6 nitrogen and oxygen atoms in total. The summed E-state index contributed by atoms with van der Waals surface area (Å²) in [6.07, 6.45) is 1.58. The number of likely N-dealkylation sites (tertiary alicyclic amines) is 2. The molecule has 1 aromatic carbocycles. The Balaban J connectivity index is 1.50. The summed E-state index contributed by atoms with van der Waals surface area (Å²) in [5.41, 5.74) is 5.30. The van der Waals surface area contributed by atoms with Crippen molar-refractivity contribution in [1.29, 1.82) is 0 Å². The molecule has 0 saturated carbocycles. The maximum absolute atomic E-state index is 12.5. The van der Waals surface area contributed by atoms with Crippen LogP contribution in [0.5, 0.6) is 5.75 Å². The van der Waals surface area contributed by atoms with Crippen molar-refractivity contribution in [2.24, 2.45) is 11.7 Å². The third kappa shape index (κ3) is 3.52. The van der Waals surface area contributed by atoms with Crippen LogP contribution in [0.2, 0.25) is 5.02 Å². The highest BCUT2D eigenvalue weighted by Crippen LogP contribution is 2.28. The minimum absolute atomic E-state index is 0.0327. The van der Waals surface area contributed by atoms with Gasteiger partial charge in [-0.2, -0.15) is 0 Å². The van der Waals surface area contributed by atoms with Crippen LogP contribution in [-0.4, -0.2) is 54.0 Å². The van der Waals surface area contributed by atoms with Crippen molar-refractivity contribution in [2.45, 2.75) is 18.9 Å². The first-order valence-electron chi connectivity index (χ1n) is 7.79. The minimum Gasteiger partial charge on any atom is -0.485 e. The van der Waals surface area contributed by atoms with Crippen molar-refractivity contribution in [2.75, 3.05) is 26.2 Å². The van der Waals surface area contributed by atoms with Crippen molar-refractivity contribution >= 4 is 23.5 Å². The molecule has 0 radical (unpaired) electrons. The molecule has 124 valence electrons. The lowest BCUT2D eigenvalue weighted by Crippen LogP contribution is -2.59. The number of carbonyl (C=O) groups excluding carboxylic acids is 2. The van der Waals surface area contributed by atoms with Crippen LogP contribution in [0.25, 0.3) is 0 Å². The summed E-state index contributed by atoms with van der Waals surface area (Å²) >= 11 is 6.06. The fourth-order valence-electron chi connectivity index (χ4n) is 3.05. The highest BCUT2D eigenvalue weighted by atomic mass is 35.5. The van der Waals surface area contributed by atoms with E-state index in [4.69, 9.17) is 22.1 Å². The molecule has 2 aliphatic rings. The van der Waals surface area contributed by atoms with E-state index >= 15 is 0 Å². The summed E-state index contributed by atoms with van der Waals surface area (Å²) < 4.78 is 5.80. The molecule has 2 N–H and O–H groups in total. The number of nitrogens with two attached hydrogens (primary N) is 1. The Morgan fingerprint density at radius 2 is 1.91 bits per heavy atom. The number of para-hydroxylation sites is 1. The Morgan fingerprint density at radius 3 is 2.61 bits per heavy atom. The van der Waals surface area contributed by atoms with Gasteiger partial charge in [-0.25, -0.2) is 4.79 Å². The van der Waals surface area contributed by atoms with Gasteiger partial charge in [0, 0.05) is 13.1 Å². The summed E-state index contributed by atoms with van der Waals surface area (Å²) in [5.74, 6) is 0.566. The molecule has 2 saturated heterocycles. The Kier molecular flexibility index (Phi) is 4.61. The molecule has 3 amide bonds. The molecule has 1 aromatic rings. The highest BCUT2D eigenvalue weighted by Gasteiger charge is 2.37. The maximum Gasteiger partial charge on any atom is 0.314 e. The monoisotopic (exact) mass is 337 g/mol. The number of hydrogen-bond donors (Lipinski definition) is 1. The van der Waals surface area contributed by atoms with Gasteiger partial charge in [0.05, 0.1) is 24.0 Å². The predicted molar refractivity (Wildman–Crippen MR) is 86.3 cm³/mol. The number of carbonyl (C=O) groups is 2. The molecule has 1 atom stereocenters. The number of hydrogen-bond acceptors (Lipinski definition) is 3. The van der Waals surface area contributed by atoms with Gasteiger partial charge in [0.1, 0.15) is 11.9 Å². The topological polar surface area (TPSA) is 75.9 Å². The number of amides is 3. The largest absolute Gasteiger partial charge is 0.485 e. The molecule has 0 aliphatic carbocycles. The lowest BCUT2D eigenvalue weighted by molar-refractivity contribution is -0.145. The van der Waals surface area contributed by atoms with Gasteiger partial charge in [-0.15, -0.1) is 0 Å². The first-order chi connectivity index (χ1) is 11.0. The quantitative estimate of drug-likeness (QED) is 0.912. The third-order valence-corrected chi connectivity index (χ3v) is 4.68. The molecule has 3 rings (SSSR count). The number of ether oxygens (including phenoxy) is 1. The summed E-state index contributed by atoms with van der Waals surface area (Å²) in [6.45, 7) is 2.16. The van der Waals surface area contributed by atoms with E-state index in [9.17, 15) is 9.59 Å². The predicted octanol–water partition coefficient (Wildman–Crippen LogP) is 1.72. The van der Waals surface area contributed by atoms with Crippen molar-refractivity contribution in [3.63, 3.8) is 0 Å². The van der Waals surface area contributed by atoms with Gasteiger partial charge in [0.15, 0.2) is 0 Å². The standard InChI is InChI=1S/C16H20ClN3O3/c17-13-5-1-2-6-14(13)23-12-9-20(10-12)15(21)11-4-3-7-19(8-11)16(18)22/h1-2,5-6,11-12H,3-4,7-10H2,(H2,18,22)/t11-/m1/s1. The number of nitrogens with zero attached hydrogens (tertiary/aromatic N) is 2. The van der Waals surface area contributed by atoms with E-state index in [2.05, 4.69) is 0 Å². The summed E-state index contributed by atoms with van der Waals surface area (Å²) in [6, 6.07) is 6.85. The number of halogens is 1. The van der Waals surface area contributed by atoms with Gasteiger partial charge in [-0.1, -0.05) is 23.7 Å².